The molecule has 2 aromatic carbocycles. The Bertz CT molecular complexity index is 780. The lowest BCUT2D eigenvalue weighted by atomic mass is 9.96. The van der Waals surface area contributed by atoms with Crippen LogP contribution in [0, 0.1) is 5.82 Å². The molecule has 22 heavy (non-hydrogen) atoms. The zero-order chi connectivity index (χ0) is 15.7. The lowest BCUT2D eigenvalue weighted by Gasteiger charge is -2.13. The SMILES string of the molecule is O=C1OC(c2ccccc2F)/C(=C(\O)c2ccccc2)C1=O. The molecule has 5 heteroatoms. The zero-order valence-corrected chi connectivity index (χ0v) is 11.3. The first kappa shape index (κ1) is 14.0. The molecule has 1 N–H and O–H groups in total. The molecule has 110 valence electrons. The summed E-state index contributed by atoms with van der Waals surface area (Å²) in [4.78, 5) is 23.6. The van der Waals surface area contributed by atoms with E-state index in [9.17, 15) is 19.1 Å². The smallest absolute Gasteiger partial charge is 0.380 e. The highest BCUT2D eigenvalue weighted by Crippen LogP contribution is 2.37. The molecule has 1 aliphatic heterocycles. The third kappa shape index (κ3) is 2.26. The number of esters is 1. The van der Waals surface area contributed by atoms with Gasteiger partial charge in [0.15, 0.2) is 6.10 Å². The first-order chi connectivity index (χ1) is 10.6. The summed E-state index contributed by atoms with van der Waals surface area (Å²) >= 11 is 0. The second kappa shape index (κ2) is 5.44. The van der Waals surface area contributed by atoms with Gasteiger partial charge >= 0.3 is 5.97 Å². The van der Waals surface area contributed by atoms with E-state index in [1.807, 2.05) is 0 Å². The van der Waals surface area contributed by atoms with Crippen LogP contribution in [0.5, 0.6) is 0 Å². The van der Waals surface area contributed by atoms with Crippen molar-refractivity contribution in [2.75, 3.05) is 0 Å². The normalized spacial score (nSPS) is 20.0. The number of aliphatic hydroxyl groups is 1. The van der Waals surface area contributed by atoms with Crippen LogP contribution >= 0.6 is 0 Å². The Hall–Kier alpha value is -2.95. The highest BCUT2D eigenvalue weighted by Gasteiger charge is 2.43. The third-order valence-electron chi connectivity index (χ3n) is 3.41. The van der Waals surface area contributed by atoms with Crippen molar-refractivity contribution in [3.05, 3.63) is 77.1 Å². The number of ether oxygens (including phenoxy) is 1. The number of hydrogen-bond donors (Lipinski definition) is 1. The molecule has 0 amide bonds. The zero-order valence-electron chi connectivity index (χ0n) is 11.3. The van der Waals surface area contributed by atoms with Gasteiger partial charge in [0, 0.05) is 11.1 Å². The average Bonchev–Trinajstić information content (AvgIpc) is 2.83. The Balaban J connectivity index is 2.16. The van der Waals surface area contributed by atoms with Crippen LogP contribution in [-0.4, -0.2) is 16.9 Å². The number of carbonyl (C=O) groups excluding carboxylic acids is 2. The molecule has 4 nitrogen and oxygen atoms in total. The molecular weight excluding hydrogens is 287 g/mol. The van der Waals surface area contributed by atoms with Crippen molar-refractivity contribution < 1.29 is 23.8 Å². The monoisotopic (exact) mass is 298 g/mol. The molecule has 3 rings (SSSR count). The van der Waals surface area contributed by atoms with E-state index in [1.165, 1.54) is 18.2 Å². The molecule has 2 aromatic rings. The topological polar surface area (TPSA) is 63.6 Å². The van der Waals surface area contributed by atoms with E-state index < -0.39 is 23.7 Å². The van der Waals surface area contributed by atoms with Crippen LogP contribution in [-0.2, 0) is 14.3 Å². The minimum absolute atomic E-state index is 0.0270. The van der Waals surface area contributed by atoms with Gasteiger partial charge in [-0.1, -0.05) is 48.5 Å². The van der Waals surface area contributed by atoms with Gasteiger partial charge in [0.05, 0.1) is 5.57 Å². The van der Waals surface area contributed by atoms with Crippen molar-refractivity contribution >= 4 is 17.5 Å². The van der Waals surface area contributed by atoms with Gasteiger partial charge in [0.25, 0.3) is 5.78 Å². The highest BCUT2D eigenvalue weighted by atomic mass is 19.1. The van der Waals surface area contributed by atoms with Gasteiger partial charge in [-0.3, -0.25) is 4.79 Å². The number of halogens is 1. The van der Waals surface area contributed by atoms with Gasteiger partial charge < -0.3 is 9.84 Å². The Kier molecular flexibility index (Phi) is 3.47. The Morgan fingerprint density at radius 1 is 1.00 bits per heavy atom. The average molecular weight is 298 g/mol. The minimum atomic E-state index is -1.25. The molecule has 0 spiro atoms. The van der Waals surface area contributed by atoms with Crippen LogP contribution in [0.4, 0.5) is 4.39 Å². The predicted octanol–water partition coefficient (Wildman–Crippen LogP) is 2.96. The maximum atomic E-state index is 13.9. The van der Waals surface area contributed by atoms with Crippen LogP contribution in [0.1, 0.15) is 17.2 Å². The summed E-state index contributed by atoms with van der Waals surface area (Å²) in [6, 6.07) is 13.9. The molecule has 1 aliphatic rings. The number of cyclic esters (lactones) is 1. The Morgan fingerprint density at radius 3 is 2.32 bits per heavy atom. The van der Waals surface area contributed by atoms with Crippen LogP contribution in [0.3, 0.4) is 0 Å². The summed E-state index contributed by atoms with van der Waals surface area (Å²) in [5, 5.41) is 10.3. The lowest BCUT2D eigenvalue weighted by Crippen LogP contribution is -2.08. The summed E-state index contributed by atoms with van der Waals surface area (Å²) in [6.07, 6.45) is -1.25. The quantitative estimate of drug-likeness (QED) is 0.401. The first-order valence-corrected chi connectivity index (χ1v) is 6.58. The van der Waals surface area contributed by atoms with Crippen LogP contribution < -0.4 is 0 Å². The highest BCUT2D eigenvalue weighted by molar-refractivity contribution is 6.44. The Labute approximate surface area is 125 Å². The maximum Gasteiger partial charge on any atom is 0.380 e. The van der Waals surface area contributed by atoms with Gasteiger partial charge in [-0.2, -0.15) is 0 Å². The molecule has 0 saturated carbocycles. The lowest BCUT2D eigenvalue weighted by molar-refractivity contribution is -0.149. The van der Waals surface area contributed by atoms with Crippen molar-refractivity contribution in [1.29, 1.82) is 0 Å². The van der Waals surface area contributed by atoms with E-state index >= 15 is 0 Å². The molecule has 1 atom stereocenters. The summed E-state index contributed by atoms with van der Waals surface area (Å²) in [6.45, 7) is 0. The van der Waals surface area contributed by atoms with Crippen LogP contribution in [0.15, 0.2) is 60.2 Å². The third-order valence-corrected chi connectivity index (χ3v) is 3.41. The largest absolute Gasteiger partial charge is 0.507 e. The second-order valence-electron chi connectivity index (χ2n) is 4.76. The van der Waals surface area contributed by atoms with Gasteiger partial charge in [-0.05, 0) is 6.07 Å². The molecule has 0 bridgehead atoms. The van der Waals surface area contributed by atoms with Crippen molar-refractivity contribution in [2.24, 2.45) is 0 Å². The Morgan fingerprint density at radius 2 is 1.64 bits per heavy atom. The van der Waals surface area contributed by atoms with Crippen molar-refractivity contribution in [3.63, 3.8) is 0 Å². The number of Topliss-reactive ketones (excluding diaryl/α,β-unsaturated/α-hetero) is 1. The summed E-state index contributed by atoms with van der Waals surface area (Å²) in [5.41, 5.74) is 0.131. The van der Waals surface area contributed by atoms with E-state index in [2.05, 4.69) is 0 Å². The molecule has 0 aliphatic carbocycles. The predicted molar refractivity (Wildman–Crippen MR) is 76.2 cm³/mol. The number of ketones is 1. The van der Waals surface area contributed by atoms with Gasteiger partial charge in [-0.25, -0.2) is 9.18 Å². The molecule has 1 saturated heterocycles. The van der Waals surface area contributed by atoms with Crippen LogP contribution in [0.2, 0.25) is 0 Å². The molecule has 0 aromatic heterocycles. The summed E-state index contributed by atoms with van der Waals surface area (Å²) < 4.78 is 18.9. The van der Waals surface area contributed by atoms with E-state index in [4.69, 9.17) is 4.74 Å². The number of rotatable bonds is 2. The van der Waals surface area contributed by atoms with Gasteiger partial charge in [0.1, 0.15) is 11.6 Å². The van der Waals surface area contributed by atoms with E-state index in [-0.39, 0.29) is 16.9 Å². The van der Waals surface area contributed by atoms with Crippen molar-refractivity contribution in [1.82, 2.24) is 0 Å². The van der Waals surface area contributed by atoms with Crippen molar-refractivity contribution in [2.45, 2.75) is 6.10 Å². The van der Waals surface area contributed by atoms with Crippen molar-refractivity contribution in [3.8, 4) is 0 Å². The number of carbonyl (C=O) groups is 2. The maximum absolute atomic E-state index is 13.9. The van der Waals surface area contributed by atoms with E-state index in [0.717, 1.165) is 0 Å². The molecular formula is C17H11FO4. The fraction of sp³-hybridized carbons (Fsp3) is 0.0588. The van der Waals surface area contributed by atoms with E-state index in [0.29, 0.717) is 5.56 Å². The molecule has 1 heterocycles. The van der Waals surface area contributed by atoms with Crippen LogP contribution in [0.25, 0.3) is 5.76 Å². The fourth-order valence-corrected chi connectivity index (χ4v) is 2.34. The minimum Gasteiger partial charge on any atom is -0.507 e. The fourth-order valence-electron chi connectivity index (χ4n) is 2.34. The molecule has 1 fully saturated rings. The summed E-state index contributed by atoms with van der Waals surface area (Å²) in [7, 11) is 0. The van der Waals surface area contributed by atoms with Gasteiger partial charge in [0.2, 0.25) is 0 Å². The second-order valence-corrected chi connectivity index (χ2v) is 4.76. The summed E-state index contributed by atoms with van der Waals surface area (Å²) in [5.74, 6) is -3.07. The van der Waals surface area contributed by atoms with Gasteiger partial charge in [-0.15, -0.1) is 0 Å². The first-order valence-electron chi connectivity index (χ1n) is 6.58. The van der Waals surface area contributed by atoms with E-state index in [1.54, 1.807) is 36.4 Å². The standard InChI is InChI=1S/C17H11FO4/c18-12-9-5-4-8-11(12)16-13(15(20)17(21)22-16)14(19)10-6-2-1-3-7-10/h1-9,16,19H/b14-13-. The molecule has 1 unspecified atom stereocenters. The number of hydrogen-bond acceptors (Lipinski definition) is 4. The molecule has 0 radical (unpaired) electrons. The number of aliphatic hydroxyl groups excluding tert-OH is 1. The number of benzene rings is 2.